The van der Waals surface area contributed by atoms with Crippen LogP contribution in [0.3, 0.4) is 0 Å². The molecule has 1 aliphatic rings. The Labute approximate surface area is 126 Å². The summed E-state index contributed by atoms with van der Waals surface area (Å²) < 4.78 is 28.2. The molecule has 0 N–H and O–H groups in total. The van der Waals surface area contributed by atoms with E-state index in [9.17, 15) is 8.42 Å². The summed E-state index contributed by atoms with van der Waals surface area (Å²) in [5.41, 5.74) is 0. The van der Waals surface area contributed by atoms with Crippen molar-refractivity contribution in [2.24, 2.45) is 0 Å². The minimum Gasteiger partial charge on any atom is -0.485 e. The molecule has 2 rings (SSSR count). The Kier molecular flexibility index (Phi) is 4.66. The van der Waals surface area contributed by atoms with Gasteiger partial charge in [0.2, 0.25) is 0 Å². The molecule has 19 heavy (non-hydrogen) atoms. The van der Waals surface area contributed by atoms with Gasteiger partial charge in [0.25, 0.3) is 9.05 Å². The second-order valence-corrected chi connectivity index (χ2v) is 7.52. The average Bonchev–Trinajstić information content (AvgIpc) is 2.33. The topological polar surface area (TPSA) is 43.4 Å². The highest BCUT2D eigenvalue weighted by atomic mass is 35.7. The van der Waals surface area contributed by atoms with Crippen LogP contribution in [0.15, 0.2) is 29.2 Å². The monoisotopic (exact) mass is 340 g/mol. The zero-order chi connectivity index (χ0) is 14.0. The third-order valence-electron chi connectivity index (χ3n) is 2.74. The molecular weight excluding hydrogens is 331 g/mol. The van der Waals surface area contributed by atoms with Crippen molar-refractivity contribution in [3.05, 3.63) is 34.3 Å². The minimum absolute atomic E-state index is 0.00538. The zero-order valence-corrected chi connectivity index (χ0v) is 12.9. The zero-order valence-electron chi connectivity index (χ0n) is 9.77. The highest BCUT2D eigenvalue weighted by Gasteiger charge is 2.20. The van der Waals surface area contributed by atoms with Crippen molar-refractivity contribution < 1.29 is 13.2 Å². The summed E-state index contributed by atoms with van der Waals surface area (Å²) in [4.78, 5) is -0.215. The van der Waals surface area contributed by atoms with Crippen LogP contribution in [0.5, 0.6) is 5.75 Å². The molecular formula is C12H11Cl3O3S. The highest BCUT2D eigenvalue weighted by Crippen LogP contribution is 2.36. The summed E-state index contributed by atoms with van der Waals surface area (Å²) in [5, 5.41) is 0.164. The molecule has 0 saturated carbocycles. The molecule has 1 aromatic rings. The molecule has 1 aliphatic carbocycles. The molecule has 1 aromatic carbocycles. The van der Waals surface area contributed by atoms with Crippen LogP contribution >= 0.6 is 33.9 Å². The fraction of sp³-hybridized carbons (Fsp3) is 0.333. The predicted molar refractivity (Wildman–Crippen MR) is 76.9 cm³/mol. The van der Waals surface area contributed by atoms with Crippen LogP contribution in [-0.4, -0.2) is 14.5 Å². The third kappa shape index (κ3) is 3.78. The molecule has 0 fully saturated rings. The first kappa shape index (κ1) is 15.0. The van der Waals surface area contributed by atoms with E-state index in [-0.39, 0.29) is 21.0 Å². The first-order valence-corrected chi connectivity index (χ1v) is 8.71. The fourth-order valence-electron chi connectivity index (χ4n) is 1.83. The van der Waals surface area contributed by atoms with Gasteiger partial charge in [0.05, 0.1) is 10.0 Å². The third-order valence-corrected chi connectivity index (χ3v) is 4.82. The summed E-state index contributed by atoms with van der Waals surface area (Å²) in [6.45, 7) is 0. The maximum absolute atomic E-state index is 11.3. The number of benzene rings is 1. The molecule has 0 heterocycles. The lowest BCUT2D eigenvalue weighted by molar-refractivity contribution is 0.230. The van der Waals surface area contributed by atoms with Gasteiger partial charge in [0.15, 0.2) is 0 Å². The maximum Gasteiger partial charge on any atom is 0.262 e. The standard InChI is InChI=1S/C12H11Cl3O3S/c13-9-7-12(19(15,16)17)10(14)6-11(9)18-8-4-2-1-3-5-8/h2,4,6-8H,1,3,5H2. The smallest absolute Gasteiger partial charge is 0.262 e. The fourth-order valence-corrected chi connectivity index (χ4v) is 3.61. The van der Waals surface area contributed by atoms with E-state index in [1.165, 1.54) is 12.1 Å². The Bertz CT molecular complexity index is 611. The molecule has 3 nitrogen and oxygen atoms in total. The van der Waals surface area contributed by atoms with Gasteiger partial charge in [-0.2, -0.15) is 0 Å². The van der Waals surface area contributed by atoms with Crippen molar-refractivity contribution in [1.82, 2.24) is 0 Å². The van der Waals surface area contributed by atoms with Crippen molar-refractivity contribution in [3.8, 4) is 5.75 Å². The van der Waals surface area contributed by atoms with Gasteiger partial charge in [0.1, 0.15) is 16.7 Å². The van der Waals surface area contributed by atoms with Crippen LogP contribution in [0, 0.1) is 0 Å². The van der Waals surface area contributed by atoms with Crippen LogP contribution in [0.2, 0.25) is 10.0 Å². The van der Waals surface area contributed by atoms with E-state index in [2.05, 4.69) is 0 Å². The Morgan fingerprint density at radius 1 is 1.21 bits per heavy atom. The molecule has 0 aliphatic heterocycles. The van der Waals surface area contributed by atoms with Crippen LogP contribution in [0.25, 0.3) is 0 Å². The number of rotatable bonds is 3. The minimum atomic E-state index is -3.92. The lowest BCUT2D eigenvalue weighted by Gasteiger charge is -2.19. The number of hydrogen-bond acceptors (Lipinski definition) is 3. The predicted octanol–water partition coefficient (Wildman–Crippen LogP) is 4.41. The van der Waals surface area contributed by atoms with Crippen LogP contribution in [-0.2, 0) is 9.05 Å². The first-order valence-electron chi connectivity index (χ1n) is 5.65. The average molecular weight is 342 g/mol. The number of hydrogen-bond donors (Lipinski definition) is 0. The van der Waals surface area contributed by atoms with Crippen molar-refractivity contribution in [3.63, 3.8) is 0 Å². The normalized spacial score (nSPS) is 19.4. The van der Waals surface area contributed by atoms with Crippen molar-refractivity contribution in [1.29, 1.82) is 0 Å². The lowest BCUT2D eigenvalue weighted by atomic mass is 10.1. The molecule has 0 spiro atoms. The van der Waals surface area contributed by atoms with Crippen LogP contribution < -0.4 is 4.74 Å². The Balaban J connectivity index is 2.30. The van der Waals surface area contributed by atoms with E-state index >= 15 is 0 Å². The van der Waals surface area contributed by atoms with E-state index in [1.54, 1.807) is 0 Å². The van der Waals surface area contributed by atoms with Gasteiger partial charge in [-0.15, -0.1) is 0 Å². The van der Waals surface area contributed by atoms with E-state index in [0.717, 1.165) is 19.3 Å². The maximum atomic E-state index is 11.3. The van der Waals surface area contributed by atoms with Gasteiger partial charge in [-0.3, -0.25) is 0 Å². The Morgan fingerprint density at radius 2 is 1.95 bits per heavy atom. The van der Waals surface area contributed by atoms with Gasteiger partial charge in [0, 0.05) is 16.7 Å². The second kappa shape index (κ2) is 5.92. The second-order valence-electron chi connectivity index (χ2n) is 4.17. The van der Waals surface area contributed by atoms with Crippen LogP contribution in [0.1, 0.15) is 19.3 Å². The van der Waals surface area contributed by atoms with Gasteiger partial charge < -0.3 is 4.74 Å². The molecule has 7 heteroatoms. The van der Waals surface area contributed by atoms with E-state index in [4.69, 9.17) is 38.6 Å². The van der Waals surface area contributed by atoms with E-state index < -0.39 is 9.05 Å². The molecule has 0 radical (unpaired) electrons. The lowest BCUT2D eigenvalue weighted by Crippen LogP contribution is -2.15. The largest absolute Gasteiger partial charge is 0.485 e. The summed E-state index contributed by atoms with van der Waals surface area (Å²) in [6, 6.07) is 2.58. The van der Waals surface area contributed by atoms with Crippen LogP contribution in [0.4, 0.5) is 0 Å². The molecule has 0 amide bonds. The number of ether oxygens (including phenoxy) is 1. The summed E-state index contributed by atoms with van der Waals surface area (Å²) in [6.07, 6.45) is 6.90. The SMILES string of the molecule is O=S(=O)(Cl)c1cc(Cl)c(OC2C=CCCC2)cc1Cl. The summed E-state index contributed by atoms with van der Waals surface area (Å²) >= 11 is 11.9. The van der Waals surface area contributed by atoms with E-state index in [0.29, 0.717) is 5.75 Å². The van der Waals surface area contributed by atoms with Gasteiger partial charge in [-0.1, -0.05) is 29.3 Å². The Morgan fingerprint density at radius 3 is 2.53 bits per heavy atom. The molecule has 104 valence electrons. The Hall–Kier alpha value is -0.420. The van der Waals surface area contributed by atoms with E-state index in [1.807, 2.05) is 12.2 Å². The molecule has 1 atom stereocenters. The van der Waals surface area contributed by atoms with Gasteiger partial charge >= 0.3 is 0 Å². The van der Waals surface area contributed by atoms with Crippen molar-refractivity contribution in [2.45, 2.75) is 30.3 Å². The van der Waals surface area contributed by atoms with Gasteiger partial charge in [-0.05, 0) is 31.4 Å². The van der Waals surface area contributed by atoms with Crippen molar-refractivity contribution in [2.75, 3.05) is 0 Å². The molecule has 0 bridgehead atoms. The first-order chi connectivity index (χ1) is 8.88. The summed E-state index contributed by atoms with van der Waals surface area (Å²) in [5.74, 6) is 0.354. The summed E-state index contributed by atoms with van der Waals surface area (Å²) in [7, 11) is 1.34. The molecule has 0 saturated heterocycles. The highest BCUT2D eigenvalue weighted by molar-refractivity contribution is 8.13. The quantitative estimate of drug-likeness (QED) is 0.604. The van der Waals surface area contributed by atoms with Gasteiger partial charge in [-0.25, -0.2) is 8.42 Å². The number of allylic oxidation sites excluding steroid dienone is 1. The molecule has 0 aromatic heterocycles. The number of halogens is 3. The molecule has 1 unspecified atom stereocenters. The van der Waals surface area contributed by atoms with Crippen molar-refractivity contribution >= 4 is 42.9 Å².